The van der Waals surface area contributed by atoms with Crippen LogP contribution in [0.4, 0.5) is 0 Å². The Labute approximate surface area is 93.2 Å². The van der Waals surface area contributed by atoms with Crippen molar-refractivity contribution in [1.82, 2.24) is 9.03 Å². The van der Waals surface area contributed by atoms with Crippen LogP contribution in [0.3, 0.4) is 0 Å². The highest BCUT2D eigenvalue weighted by Gasteiger charge is 2.20. The Bertz CT molecular complexity index is 252. The van der Waals surface area contributed by atoms with Gasteiger partial charge in [-0.25, -0.2) is 4.72 Å². The summed E-state index contributed by atoms with van der Waals surface area (Å²) in [5.74, 6) is 0.316. The zero-order valence-corrected chi connectivity index (χ0v) is 10.7. The molecule has 6 heteroatoms. The molecule has 0 radical (unpaired) electrons. The van der Waals surface area contributed by atoms with Crippen LogP contribution in [0, 0.1) is 5.92 Å². The molecule has 0 aromatic rings. The summed E-state index contributed by atoms with van der Waals surface area (Å²) in [6, 6.07) is 0. The van der Waals surface area contributed by atoms with E-state index in [0.717, 1.165) is 0 Å². The molecule has 0 rings (SSSR count). The molecule has 0 spiro atoms. The predicted octanol–water partition coefficient (Wildman–Crippen LogP) is 0.148. The van der Waals surface area contributed by atoms with Gasteiger partial charge in [0.1, 0.15) is 0 Å². The van der Waals surface area contributed by atoms with Gasteiger partial charge in [0.2, 0.25) is 0 Å². The Hall–Kier alpha value is -0.170. The average molecular weight is 237 g/mol. The largest absolute Gasteiger partial charge is 0.330 e. The van der Waals surface area contributed by atoms with E-state index in [1.165, 1.54) is 4.31 Å². The normalized spacial score (nSPS) is 12.7. The molecule has 0 aliphatic heterocycles. The molecule has 92 valence electrons. The van der Waals surface area contributed by atoms with E-state index in [-0.39, 0.29) is 0 Å². The second-order valence-corrected chi connectivity index (χ2v) is 5.65. The Balaban J connectivity index is 4.46. The SMILES string of the molecule is CCNS(=O)(=O)N(CCCN)CC(C)C. The molecular formula is C9H23N3O2S. The maximum atomic E-state index is 11.7. The molecular weight excluding hydrogens is 214 g/mol. The number of rotatable bonds is 8. The maximum absolute atomic E-state index is 11.7. The number of hydrogen-bond donors (Lipinski definition) is 2. The molecule has 0 aliphatic rings. The van der Waals surface area contributed by atoms with Gasteiger partial charge in [0, 0.05) is 19.6 Å². The first kappa shape index (κ1) is 14.8. The van der Waals surface area contributed by atoms with E-state index in [4.69, 9.17) is 5.73 Å². The summed E-state index contributed by atoms with van der Waals surface area (Å²) in [5.41, 5.74) is 5.38. The minimum absolute atomic E-state index is 0.316. The van der Waals surface area contributed by atoms with Gasteiger partial charge in [-0.3, -0.25) is 0 Å². The summed E-state index contributed by atoms with van der Waals surface area (Å²) in [5, 5.41) is 0. The lowest BCUT2D eigenvalue weighted by Gasteiger charge is -2.23. The molecule has 0 aromatic carbocycles. The topological polar surface area (TPSA) is 75.4 Å². The second kappa shape index (κ2) is 7.16. The van der Waals surface area contributed by atoms with E-state index >= 15 is 0 Å². The molecule has 0 aliphatic carbocycles. The highest BCUT2D eigenvalue weighted by Crippen LogP contribution is 2.04. The summed E-state index contributed by atoms with van der Waals surface area (Å²) < 4.78 is 27.5. The van der Waals surface area contributed by atoms with Crippen LogP contribution >= 0.6 is 0 Å². The first-order valence-corrected chi connectivity index (χ1v) is 6.82. The third-order valence-electron chi connectivity index (χ3n) is 1.85. The Morgan fingerprint density at radius 2 is 2.00 bits per heavy atom. The number of nitrogens with one attached hydrogen (secondary N) is 1. The molecule has 3 N–H and O–H groups in total. The number of hydrogen-bond acceptors (Lipinski definition) is 3. The van der Waals surface area contributed by atoms with Crippen molar-refractivity contribution in [2.24, 2.45) is 11.7 Å². The quantitative estimate of drug-likeness (QED) is 0.631. The van der Waals surface area contributed by atoms with Crippen molar-refractivity contribution >= 4 is 10.2 Å². The average Bonchev–Trinajstić information content (AvgIpc) is 2.11. The van der Waals surface area contributed by atoms with Crippen molar-refractivity contribution in [2.45, 2.75) is 27.2 Å². The van der Waals surface area contributed by atoms with Gasteiger partial charge in [-0.15, -0.1) is 0 Å². The third kappa shape index (κ3) is 6.09. The fraction of sp³-hybridized carbons (Fsp3) is 1.00. The molecule has 0 bridgehead atoms. The van der Waals surface area contributed by atoms with Gasteiger partial charge in [0.05, 0.1) is 0 Å². The maximum Gasteiger partial charge on any atom is 0.279 e. The summed E-state index contributed by atoms with van der Waals surface area (Å²) >= 11 is 0. The summed E-state index contributed by atoms with van der Waals surface area (Å²) in [7, 11) is -3.31. The van der Waals surface area contributed by atoms with E-state index in [2.05, 4.69) is 4.72 Å². The molecule has 0 amide bonds. The van der Waals surface area contributed by atoms with Crippen LogP contribution in [0.1, 0.15) is 27.2 Å². The van der Waals surface area contributed by atoms with Gasteiger partial charge < -0.3 is 5.73 Å². The van der Waals surface area contributed by atoms with Crippen LogP contribution in [0.5, 0.6) is 0 Å². The van der Waals surface area contributed by atoms with E-state index < -0.39 is 10.2 Å². The third-order valence-corrected chi connectivity index (χ3v) is 3.51. The smallest absolute Gasteiger partial charge is 0.279 e. The van der Waals surface area contributed by atoms with Gasteiger partial charge >= 0.3 is 0 Å². The van der Waals surface area contributed by atoms with E-state index in [1.54, 1.807) is 6.92 Å². The Kier molecular flexibility index (Phi) is 7.08. The molecule has 0 unspecified atom stereocenters. The minimum atomic E-state index is -3.31. The van der Waals surface area contributed by atoms with E-state index in [9.17, 15) is 8.42 Å². The van der Waals surface area contributed by atoms with Gasteiger partial charge in [-0.05, 0) is 18.9 Å². The fourth-order valence-corrected chi connectivity index (χ4v) is 2.67. The number of nitrogens with zero attached hydrogens (tertiary/aromatic N) is 1. The van der Waals surface area contributed by atoms with Crippen LogP contribution in [0.25, 0.3) is 0 Å². The zero-order valence-electron chi connectivity index (χ0n) is 9.86. The molecule has 0 aromatic heterocycles. The van der Waals surface area contributed by atoms with Gasteiger partial charge in [0.25, 0.3) is 10.2 Å². The first-order chi connectivity index (χ1) is 6.94. The van der Waals surface area contributed by atoms with Crippen LogP contribution < -0.4 is 10.5 Å². The number of nitrogens with two attached hydrogens (primary N) is 1. The molecule has 0 heterocycles. The zero-order chi connectivity index (χ0) is 11.9. The molecule has 0 atom stereocenters. The molecule has 0 fully saturated rings. The lowest BCUT2D eigenvalue weighted by molar-refractivity contribution is 0.359. The van der Waals surface area contributed by atoms with Crippen molar-refractivity contribution < 1.29 is 8.42 Å². The summed E-state index contributed by atoms with van der Waals surface area (Å²) in [6.07, 6.45) is 0.692. The molecule has 15 heavy (non-hydrogen) atoms. The molecule has 0 saturated carbocycles. The summed E-state index contributed by atoms with van der Waals surface area (Å²) in [6.45, 7) is 7.72. The molecule has 0 saturated heterocycles. The fourth-order valence-electron chi connectivity index (χ4n) is 1.26. The van der Waals surface area contributed by atoms with Gasteiger partial charge in [0.15, 0.2) is 0 Å². The van der Waals surface area contributed by atoms with Crippen molar-refractivity contribution in [2.75, 3.05) is 26.2 Å². The van der Waals surface area contributed by atoms with Crippen LogP contribution in [0.15, 0.2) is 0 Å². The van der Waals surface area contributed by atoms with E-state index in [1.807, 2.05) is 13.8 Å². The van der Waals surface area contributed by atoms with Crippen molar-refractivity contribution in [1.29, 1.82) is 0 Å². The first-order valence-electron chi connectivity index (χ1n) is 5.38. The van der Waals surface area contributed by atoms with Crippen LogP contribution in [-0.2, 0) is 10.2 Å². The van der Waals surface area contributed by atoms with Gasteiger partial charge in [-0.2, -0.15) is 12.7 Å². The van der Waals surface area contributed by atoms with Crippen molar-refractivity contribution in [3.05, 3.63) is 0 Å². The van der Waals surface area contributed by atoms with Crippen LogP contribution in [-0.4, -0.2) is 38.9 Å². The molecule has 5 nitrogen and oxygen atoms in total. The van der Waals surface area contributed by atoms with E-state index in [0.29, 0.717) is 38.5 Å². The monoisotopic (exact) mass is 237 g/mol. The highest BCUT2D eigenvalue weighted by atomic mass is 32.2. The lowest BCUT2D eigenvalue weighted by atomic mass is 10.2. The van der Waals surface area contributed by atoms with Crippen LogP contribution in [0.2, 0.25) is 0 Å². The standard InChI is InChI=1S/C9H23N3O2S/c1-4-11-15(13,14)12(7-5-6-10)8-9(2)3/h9,11H,4-8,10H2,1-3H3. The van der Waals surface area contributed by atoms with Gasteiger partial charge in [-0.1, -0.05) is 20.8 Å². The Morgan fingerprint density at radius 3 is 2.40 bits per heavy atom. The summed E-state index contributed by atoms with van der Waals surface area (Å²) in [4.78, 5) is 0. The predicted molar refractivity (Wildman–Crippen MR) is 62.7 cm³/mol. The minimum Gasteiger partial charge on any atom is -0.330 e. The second-order valence-electron chi connectivity index (χ2n) is 3.90. The Morgan fingerprint density at radius 1 is 1.40 bits per heavy atom. The van der Waals surface area contributed by atoms with Crippen molar-refractivity contribution in [3.63, 3.8) is 0 Å². The van der Waals surface area contributed by atoms with Crippen molar-refractivity contribution in [3.8, 4) is 0 Å². The highest BCUT2D eigenvalue weighted by molar-refractivity contribution is 7.87. The lowest BCUT2D eigenvalue weighted by Crippen LogP contribution is -2.43.